The molecular formula is C14H19N5O5S. The highest BCUT2D eigenvalue weighted by Crippen LogP contribution is 2.35. The number of hydrogen-bond acceptors (Lipinski definition) is 10. The number of aromatic nitrogens is 3. The minimum atomic E-state index is -1.36. The summed E-state index contributed by atoms with van der Waals surface area (Å²) in [4.78, 5) is 22.7. The van der Waals surface area contributed by atoms with Crippen LogP contribution in [-0.4, -0.2) is 67.9 Å². The summed E-state index contributed by atoms with van der Waals surface area (Å²) in [7, 11) is 0. The van der Waals surface area contributed by atoms with Crippen molar-refractivity contribution in [1.29, 1.82) is 0 Å². The van der Waals surface area contributed by atoms with Crippen LogP contribution in [-0.2, 0) is 4.74 Å². The van der Waals surface area contributed by atoms with E-state index in [0.717, 1.165) is 37.3 Å². The molecule has 4 heterocycles. The Morgan fingerprint density at radius 1 is 1.24 bits per heavy atom. The Morgan fingerprint density at radius 3 is 2.60 bits per heavy atom. The lowest BCUT2D eigenvalue weighted by atomic mass is 10.1. The zero-order valence-corrected chi connectivity index (χ0v) is 14.1. The van der Waals surface area contributed by atoms with Crippen LogP contribution in [0.4, 0.5) is 11.8 Å². The number of thiazole rings is 1. The molecule has 4 atom stereocenters. The monoisotopic (exact) mass is 369 g/mol. The summed E-state index contributed by atoms with van der Waals surface area (Å²) in [5, 5.41) is 29.4. The molecule has 0 aromatic carbocycles. The molecule has 136 valence electrons. The second-order valence-electron chi connectivity index (χ2n) is 6.22. The van der Waals surface area contributed by atoms with Crippen LogP contribution in [0.2, 0.25) is 0 Å². The number of ether oxygens (including phenoxy) is 1. The van der Waals surface area contributed by atoms with Crippen molar-refractivity contribution >= 4 is 33.5 Å². The van der Waals surface area contributed by atoms with Gasteiger partial charge in [-0.15, -0.1) is 0 Å². The second kappa shape index (κ2) is 6.18. The molecule has 4 rings (SSSR count). The first-order valence-electron chi connectivity index (χ1n) is 8.07. The topological polar surface area (TPSA) is 147 Å². The van der Waals surface area contributed by atoms with E-state index in [9.17, 15) is 20.1 Å². The van der Waals surface area contributed by atoms with Gasteiger partial charge in [0.05, 0.1) is 6.61 Å². The van der Waals surface area contributed by atoms with Crippen molar-refractivity contribution in [2.45, 2.75) is 37.4 Å². The average Bonchev–Trinajstić information content (AvgIpc) is 3.28. The van der Waals surface area contributed by atoms with Crippen molar-refractivity contribution in [3.63, 3.8) is 0 Å². The minimum Gasteiger partial charge on any atom is -0.394 e. The van der Waals surface area contributed by atoms with Crippen LogP contribution in [0.25, 0.3) is 10.3 Å². The largest absolute Gasteiger partial charge is 0.394 e. The fourth-order valence-corrected chi connectivity index (χ4v) is 4.35. The van der Waals surface area contributed by atoms with E-state index in [1.165, 1.54) is 4.57 Å². The van der Waals surface area contributed by atoms with E-state index in [1.807, 2.05) is 0 Å². The summed E-state index contributed by atoms with van der Waals surface area (Å²) in [6, 6.07) is 0. The highest BCUT2D eigenvalue weighted by Gasteiger charge is 2.45. The highest BCUT2D eigenvalue weighted by atomic mass is 32.1. The third-order valence-electron chi connectivity index (χ3n) is 4.64. The molecule has 5 N–H and O–H groups in total. The molecule has 2 aromatic rings. The molecule has 10 nitrogen and oxygen atoms in total. The summed E-state index contributed by atoms with van der Waals surface area (Å²) in [6.07, 6.45) is -2.70. The molecule has 0 spiro atoms. The maximum atomic E-state index is 12.6. The molecule has 2 saturated heterocycles. The molecule has 2 aromatic heterocycles. The first-order chi connectivity index (χ1) is 12.0. The van der Waals surface area contributed by atoms with Crippen LogP contribution in [0, 0.1) is 0 Å². The molecule has 2 fully saturated rings. The molecular weight excluding hydrogens is 350 g/mol. The Balaban J connectivity index is 1.85. The number of nitrogen functional groups attached to an aromatic ring is 1. The van der Waals surface area contributed by atoms with Gasteiger partial charge in [0, 0.05) is 13.1 Å². The van der Waals surface area contributed by atoms with Gasteiger partial charge in [-0.25, -0.2) is 0 Å². The molecule has 0 saturated carbocycles. The third-order valence-corrected chi connectivity index (χ3v) is 5.58. The predicted molar refractivity (Wildman–Crippen MR) is 90.5 cm³/mol. The lowest BCUT2D eigenvalue weighted by molar-refractivity contribution is -0.0518. The summed E-state index contributed by atoms with van der Waals surface area (Å²) in [5.41, 5.74) is 6.10. The van der Waals surface area contributed by atoms with Crippen LogP contribution >= 0.6 is 11.3 Å². The molecule has 25 heavy (non-hydrogen) atoms. The predicted octanol–water partition coefficient (Wildman–Crippen LogP) is -1.35. The molecule has 0 radical (unpaired) electrons. The number of rotatable bonds is 3. The molecule has 2 aliphatic rings. The number of aliphatic hydroxyl groups excluding tert-OH is 3. The Kier molecular flexibility index (Phi) is 4.12. The Hall–Kier alpha value is -1.79. The summed E-state index contributed by atoms with van der Waals surface area (Å²) < 4.78 is 7.23. The van der Waals surface area contributed by atoms with Crippen molar-refractivity contribution in [2.24, 2.45) is 0 Å². The Labute approximate surface area is 146 Å². The van der Waals surface area contributed by atoms with Crippen LogP contribution < -0.4 is 15.5 Å². The van der Waals surface area contributed by atoms with Crippen molar-refractivity contribution in [3.05, 3.63) is 9.67 Å². The summed E-state index contributed by atoms with van der Waals surface area (Å²) in [6.45, 7) is 1.18. The molecule has 0 unspecified atom stereocenters. The maximum Gasteiger partial charge on any atom is 0.311 e. The van der Waals surface area contributed by atoms with E-state index < -0.39 is 36.0 Å². The smallest absolute Gasteiger partial charge is 0.311 e. The van der Waals surface area contributed by atoms with Crippen LogP contribution in [0.1, 0.15) is 19.1 Å². The van der Waals surface area contributed by atoms with Gasteiger partial charge in [-0.2, -0.15) is 9.97 Å². The van der Waals surface area contributed by atoms with E-state index in [0.29, 0.717) is 10.5 Å². The van der Waals surface area contributed by atoms with Gasteiger partial charge in [0.1, 0.15) is 23.0 Å². The van der Waals surface area contributed by atoms with Gasteiger partial charge in [0.25, 0.3) is 0 Å². The molecule has 2 aliphatic heterocycles. The van der Waals surface area contributed by atoms with Crippen molar-refractivity contribution in [3.8, 4) is 0 Å². The fraction of sp³-hybridized carbons (Fsp3) is 0.643. The van der Waals surface area contributed by atoms with Gasteiger partial charge in [-0.05, 0) is 12.8 Å². The second-order valence-corrected chi connectivity index (χ2v) is 7.18. The summed E-state index contributed by atoms with van der Waals surface area (Å²) in [5.74, 6) is 0.625. The Bertz CT molecular complexity index is 848. The van der Waals surface area contributed by atoms with Gasteiger partial charge in [-0.3, -0.25) is 9.36 Å². The van der Waals surface area contributed by atoms with Gasteiger partial charge in [0.2, 0.25) is 5.95 Å². The number of anilines is 2. The number of fused-ring (bicyclic) bond motifs is 1. The molecule has 11 heteroatoms. The van der Waals surface area contributed by atoms with E-state index >= 15 is 0 Å². The van der Waals surface area contributed by atoms with Crippen molar-refractivity contribution in [2.75, 3.05) is 30.3 Å². The number of nitrogens with zero attached hydrogens (tertiary/aromatic N) is 4. The lowest BCUT2D eigenvalue weighted by Gasteiger charge is -2.18. The number of nitrogens with two attached hydrogens (primary N) is 1. The molecule has 0 amide bonds. The maximum absolute atomic E-state index is 12.6. The van der Waals surface area contributed by atoms with E-state index in [-0.39, 0.29) is 11.6 Å². The SMILES string of the molecule is Nc1nc(N2CCCC2)c2sc(=O)n([C@@H]3O[C@H](CO)[C@@H](O)[C@H]3O)c2n1. The fourth-order valence-electron chi connectivity index (χ4n) is 3.38. The van der Waals surface area contributed by atoms with Gasteiger partial charge in [0.15, 0.2) is 17.7 Å². The van der Waals surface area contributed by atoms with Gasteiger partial charge >= 0.3 is 4.87 Å². The van der Waals surface area contributed by atoms with E-state index in [1.54, 1.807) is 0 Å². The van der Waals surface area contributed by atoms with Gasteiger partial charge < -0.3 is 30.7 Å². The normalized spacial score (nSPS) is 29.8. The first-order valence-corrected chi connectivity index (χ1v) is 8.89. The van der Waals surface area contributed by atoms with Crippen molar-refractivity contribution in [1.82, 2.24) is 14.5 Å². The standard InChI is InChI=1S/C14H19N5O5S/c15-13-16-10(18-3-1-2-4-18)9-11(17-13)19(14(23)25-9)12-8(22)7(21)6(5-20)24-12/h6-8,12,20-22H,1-5H2,(H2,15,16,17)/t6-,7-,8-,12-/m1/s1. The van der Waals surface area contributed by atoms with Crippen LogP contribution in [0.5, 0.6) is 0 Å². The number of aliphatic hydroxyl groups is 3. The zero-order valence-electron chi connectivity index (χ0n) is 13.3. The Morgan fingerprint density at radius 2 is 1.96 bits per heavy atom. The highest BCUT2D eigenvalue weighted by molar-refractivity contribution is 7.17. The van der Waals surface area contributed by atoms with Gasteiger partial charge in [-0.1, -0.05) is 11.3 Å². The van der Waals surface area contributed by atoms with Crippen LogP contribution in [0.3, 0.4) is 0 Å². The summed E-state index contributed by atoms with van der Waals surface area (Å²) >= 11 is 0.950. The van der Waals surface area contributed by atoms with E-state index in [4.69, 9.17) is 10.5 Å². The molecule has 0 bridgehead atoms. The quantitative estimate of drug-likeness (QED) is 0.515. The van der Waals surface area contributed by atoms with Crippen LogP contribution in [0.15, 0.2) is 4.79 Å². The van der Waals surface area contributed by atoms with E-state index in [2.05, 4.69) is 14.9 Å². The zero-order chi connectivity index (χ0) is 17.7. The number of hydrogen-bond donors (Lipinski definition) is 4. The lowest BCUT2D eigenvalue weighted by Crippen LogP contribution is -2.34. The average molecular weight is 369 g/mol. The minimum absolute atomic E-state index is 0.0210. The van der Waals surface area contributed by atoms with Crippen molar-refractivity contribution < 1.29 is 20.1 Å². The third kappa shape index (κ3) is 2.59. The molecule has 0 aliphatic carbocycles. The first kappa shape index (κ1) is 16.7.